The quantitative estimate of drug-likeness (QED) is 0.567. The van der Waals surface area contributed by atoms with Gasteiger partial charge >= 0.3 is 0 Å². The van der Waals surface area contributed by atoms with Crippen LogP contribution in [-0.4, -0.2) is 68.1 Å². The number of hydrogen-bond acceptors (Lipinski definition) is 5. The number of hydrogen-bond donors (Lipinski definition) is 1. The Labute approximate surface area is 169 Å². The van der Waals surface area contributed by atoms with Crippen molar-refractivity contribution in [2.75, 3.05) is 41.8 Å². The first-order chi connectivity index (χ1) is 12.8. The van der Waals surface area contributed by atoms with E-state index in [1.807, 2.05) is 14.0 Å². The van der Waals surface area contributed by atoms with Gasteiger partial charge in [0, 0.05) is 38.7 Å². The molecule has 0 radical (unpaired) electrons. The molecule has 1 N–H and O–H groups in total. The molecule has 6 nitrogen and oxygen atoms in total. The summed E-state index contributed by atoms with van der Waals surface area (Å²) in [5.41, 5.74) is 1.26. The van der Waals surface area contributed by atoms with Gasteiger partial charge in [0.15, 0.2) is 5.96 Å². The van der Waals surface area contributed by atoms with Crippen LogP contribution in [0.5, 0.6) is 0 Å². The van der Waals surface area contributed by atoms with Gasteiger partial charge in [-0.1, -0.05) is 19.8 Å². The summed E-state index contributed by atoms with van der Waals surface area (Å²) in [4.78, 5) is 13.7. The Morgan fingerprint density at radius 3 is 2.81 bits per heavy atom. The lowest BCUT2D eigenvalue weighted by atomic mass is 9.75. The van der Waals surface area contributed by atoms with E-state index in [1.54, 1.807) is 18.4 Å². The van der Waals surface area contributed by atoms with E-state index in [-0.39, 0.29) is 11.6 Å². The van der Waals surface area contributed by atoms with Crippen LogP contribution >= 0.6 is 11.3 Å². The number of aromatic nitrogens is 1. The number of nitrogens with zero attached hydrogens (tertiary/aromatic N) is 4. The third-order valence-corrected chi connectivity index (χ3v) is 6.89. The normalized spacial score (nSPS) is 24.9. The zero-order valence-corrected chi connectivity index (χ0v) is 18.9. The minimum Gasteiger partial charge on any atom is -0.375 e. The van der Waals surface area contributed by atoms with E-state index in [2.05, 4.69) is 53.6 Å². The van der Waals surface area contributed by atoms with Crippen LogP contribution in [-0.2, 0) is 11.3 Å². The van der Waals surface area contributed by atoms with Crippen molar-refractivity contribution >= 4 is 17.3 Å². The number of aliphatic imine (C=N–C) groups is 1. The fourth-order valence-electron chi connectivity index (χ4n) is 3.99. The van der Waals surface area contributed by atoms with Crippen molar-refractivity contribution in [1.82, 2.24) is 20.1 Å². The molecule has 0 aromatic carbocycles. The molecule has 1 aliphatic rings. The van der Waals surface area contributed by atoms with Crippen molar-refractivity contribution in [3.05, 3.63) is 16.1 Å². The third-order valence-electron chi connectivity index (χ3n) is 5.84. The molecule has 1 fully saturated rings. The van der Waals surface area contributed by atoms with Crippen LogP contribution in [0.15, 0.2) is 10.4 Å². The van der Waals surface area contributed by atoms with Crippen LogP contribution in [0, 0.1) is 5.92 Å². The van der Waals surface area contributed by atoms with E-state index >= 15 is 0 Å². The van der Waals surface area contributed by atoms with Gasteiger partial charge < -0.3 is 19.9 Å². The number of guanidine groups is 1. The number of thiazole rings is 1. The fraction of sp³-hybridized carbons (Fsp3) is 0.800. The Morgan fingerprint density at radius 1 is 1.48 bits per heavy atom. The van der Waals surface area contributed by atoms with Gasteiger partial charge in [-0.25, -0.2) is 4.98 Å². The summed E-state index contributed by atoms with van der Waals surface area (Å²) >= 11 is 1.65. The van der Waals surface area contributed by atoms with E-state index in [0.717, 1.165) is 35.7 Å². The Morgan fingerprint density at radius 2 is 2.22 bits per heavy atom. The molecule has 0 aliphatic heterocycles. The van der Waals surface area contributed by atoms with Crippen molar-refractivity contribution < 1.29 is 4.74 Å². The van der Waals surface area contributed by atoms with Gasteiger partial charge in [-0.15, -0.1) is 11.3 Å². The van der Waals surface area contributed by atoms with Crippen molar-refractivity contribution in [2.45, 2.75) is 57.7 Å². The van der Waals surface area contributed by atoms with Gasteiger partial charge in [0.25, 0.3) is 0 Å². The van der Waals surface area contributed by atoms with Crippen LogP contribution in [0.25, 0.3) is 0 Å². The van der Waals surface area contributed by atoms with Gasteiger partial charge in [0.1, 0.15) is 11.1 Å². The average molecular weight is 396 g/mol. The molecule has 2 rings (SSSR count). The molecule has 1 saturated carbocycles. The zero-order chi connectivity index (χ0) is 20.0. The molecule has 0 spiro atoms. The Bertz CT molecular complexity index is 617. The van der Waals surface area contributed by atoms with Crippen molar-refractivity contribution in [2.24, 2.45) is 10.9 Å². The molecule has 0 bridgehead atoms. The summed E-state index contributed by atoms with van der Waals surface area (Å²) in [5, 5.41) is 6.76. The summed E-state index contributed by atoms with van der Waals surface area (Å²) < 4.78 is 5.36. The molecule has 3 atom stereocenters. The maximum absolute atomic E-state index is 5.36. The van der Waals surface area contributed by atoms with Gasteiger partial charge in [-0.2, -0.15) is 0 Å². The molecule has 7 heteroatoms. The van der Waals surface area contributed by atoms with E-state index in [0.29, 0.717) is 0 Å². The molecule has 1 aromatic rings. The molecular formula is C20H37N5OS. The first-order valence-electron chi connectivity index (χ1n) is 9.87. The Balaban J connectivity index is 1.98. The van der Waals surface area contributed by atoms with Crippen LogP contribution in [0.3, 0.4) is 0 Å². The van der Waals surface area contributed by atoms with Gasteiger partial charge in [-0.05, 0) is 39.8 Å². The third kappa shape index (κ3) is 5.65. The lowest BCUT2D eigenvalue weighted by Gasteiger charge is -2.45. The molecule has 1 aliphatic carbocycles. The molecular weight excluding hydrogens is 358 g/mol. The van der Waals surface area contributed by atoms with E-state index in [1.165, 1.54) is 25.7 Å². The lowest BCUT2D eigenvalue weighted by Crippen LogP contribution is -2.56. The number of rotatable bonds is 7. The molecule has 3 unspecified atom stereocenters. The molecule has 1 aromatic heterocycles. The molecule has 27 heavy (non-hydrogen) atoms. The standard InChI is InChI=1S/C20H37N5OS/c1-15-9-8-10-20(11-15,24(4)5)14-22-19(21-3)25(6)12-17-13-27-18(23-17)16(2)26-7/h13,15-16H,8-12,14H2,1-7H3,(H,21,22). The van der Waals surface area contributed by atoms with E-state index < -0.39 is 0 Å². The highest BCUT2D eigenvalue weighted by Gasteiger charge is 2.37. The van der Waals surface area contributed by atoms with Gasteiger partial charge in [-0.3, -0.25) is 4.99 Å². The highest BCUT2D eigenvalue weighted by atomic mass is 32.1. The molecule has 1 heterocycles. The molecule has 0 amide bonds. The first kappa shape index (κ1) is 22.1. The Kier molecular flexibility index (Phi) is 8.06. The predicted octanol–water partition coefficient (Wildman–Crippen LogP) is 3.37. The fourth-order valence-corrected chi connectivity index (χ4v) is 4.83. The van der Waals surface area contributed by atoms with Crippen molar-refractivity contribution in [3.63, 3.8) is 0 Å². The van der Waals surface area contributed by atoms with E-state index in [9.17, 15) is 0 Å². The number of likely N-dealkylation sites (N-methyl/N-ethyl adjacent to an activating group) is 1. The van der Waals surface area contributed by atoms with E-state index in [4.69, 9.17) is 9.72 Å². The highest BCUT2D eigenvalue weighted by molar-refractivity contribution is 7.09. The van der Waals surface area contributed by atoms with Gasteiger partial charge in [0.2, 0.25) is 0 Å². The SMILES string of the molecule is CN=C(NCC1(N(C)C)CCCC(C)C1)N(C)Cc1csc(C(C)OC)n1. The summed E-state index contributed by atoms with van der Waals surface area (Å²) in [6.45, 7) is 6.06. The zero-order valence-electron chi connectivity index (χ0n) is 18.1. The topological polar surface area (TPSA) is 53.0 Å². The first-order valence-corrected chi connectivity index (χ1v) is 10.8. The minimum atomic E-state index is 0.0414. The smallest absolute Gasteiger partial charge is 0.193 e. The predicted molar refractivity (Wildman–Crippen MR) is 114 cm³/mol. The Hall–Kier alpha value is -1.18. The van der Waals surface area contributed by atoms with Crippen LogP contribution < -0.4 is 5.32 Å². The van der Waals surface area contributed by atoms with Crippen LogP contribution in [0.4, 0.5) is 0 Å². The minimum absolute atomic E-state index is 0.0414. The second-order valence-corrected chi connectivity index (χ2v) is 9.02. The number of ether oxygens (including phenoxy) is 1. The maximum atomic E-state index is 5.36. The number of methoxy groups -OCH3 is 1. The number of nitrogens with one attached hydrogen (secondary N) is 1. The van der Waals surface area contributed by atoms with Crippen LogP contribution in [0.1, 0.15) is 56.3 Å². The monoisotopic (exact) mass is 395 g/mol. The van der Waals surface area contributed by atoms with Gasteiger partial charge in [0.05, 0.1) is 12.2 Å². The molecule has 154 valence electrons. The lowest BCUT2D eigenvalue weighted by molar-refractivity contribution is 0.0790. The van der Waals surface area contributed by atoms with Crippen molar-refractivity contribution in [3.8, 4) is 0 Å². The summed E-state index contributed by atoms with van der Waals surface area (Å²) in [7, 11) is 10.1. The summed E-state index contributed by atoms with van der Waals surface area (Å²) in [5.74, 6) is 1.70. The second-order valence-electron chi connectivity index (χ2n) is 8.13. The van der Waals surface area contributed by atoms with Crippen molar-refractivity contribution in [1.29, 1.82) is 0 Å². The highest BCUT2D eigenvalue weighted by Crippen LogP contribution is 2.35. The summed E-state index contributed by atoms with van der Waals surface area (Å²) in [6.07, 6.45) is 5.16. The average Bonchev–Trinajstić information content (AvgIpc) is 3.10. The largest absolute Gasteiger partial charge is 0.375 e. The second kappa shape index (κ2) is 9.85. The summed E-state index contributed by atoms with van der Waals surface area (Å²) in [6, 6.07) is 0. The molecule has 0 saturated heterocycles. The van der Waals surface area contributed by atoms with Crippen LogP contribution in [0.2, 0.25) is 0 Å². The maximum Gasteiger partial charge on any atom is 0.193 e.